The Morgan fingerprint density at radius 2 is 1.68 bits per heavy atom. The second kappa shape index (κ2) is 9.48. The summed E-state index contributed by atoms with van der Waals surface area (Å²) in [6.07, 6.45) is 3.99. The largest absolute Gasteiger partial charge is 0.465 e. The van der Waals surface area contributed by atoms with Gasteiger partial charge in [0, 0.05) is 4.88 Å². The lowest BCUT2D eigenvalue weighted by atomic mass is 9.85. The highest BCUT2D eigenvalue weighted by Gasteiger charge is 2.31. The van der Waals surface area contributed by atoms with E-state index < -0.39 is 5.92 Å². The van der Waals surface area contributed by atoms with E-state index in [1.807, 2.05) is 60.7 Å². The van der Waals surface area contributed by atoms with Crippen LogP contribution in [0.3, 0.4) is 0 Å². The van der Waals surface area contributed by atoms with Crippen LogP contribution in [0.4, 0.5) is 5.00 Å². The molecular weight excluding hydrogens is 406 g/mol. The van der Waals surface area contributed by atoms with Crippen LogP contribution in [0.1, 0.15) is 57.6 Å². The Balaban J connectivity index is 1.71. The SMILES string of the molecule is CCC1CCc2c(sc(NC(=O)C(c3ccccc3)c3ccccc3)c2C(=O)OC)C1. The molecule has 0 saturated carbocycles. The minimum absolute atomic E-state index is 0.145. The maximum atomic E-state index is 13.6. The first-order valence-electron chi connectivity index (χ1n) is 10.8. The summed E-state index contributed by atoms with van der Waals surface area (Å²) in [5.41, 5.74) is 3.41. The molecule has 5 heteroatoms. The smallest absolute Gasteiger partial charge is 0.341 e. The van der Waals surface area contributed by atoms with E-state index in [2.05, 4.69) is 12.2 Å². The van der Waals surface area contributed by atoms with E-state index in [-0.39, 0.29) is 11.9 Å². The third-order valence-corrected chi connectivity index (χ3v) is 7.27. The molecule has 4 nitrogen and oxygen atoms in total. The van der Waals surface area contributed by atoms with Gasteiger partial charge in [0.25, 0.3) is 0 Å². The summed E-state index contributed by atoms with van der Waals surface area (Å²) in [6, 6.07) is 19.5. The molecule has 1 unspecified atom stereocenters. The van der Waals surface area contributed by atoms with Crippen LogP contribution in [0, 0.1) is 5.92 Å². The number of hydrogen-bond donors (Lipinski definition) is 1. The molecule has 1 atom stereocenters. The minimum atomic E-state index is -0.463. The third kappa shape index (κ3) is 4.42. The number of fused-ring (bicyclic) bond motifs is 1. The van der Waals surface area contributed by atoms with Crippen LogP contribution in [-0.4, -0.2) is 19.0 Å². The number of methoxy groups -OCH3 is 1. The van der Waals surface area contributed by atoms with Crippen molar-refractivity contribution in [2.24, 2.45) is 5.92 Å². The highest BCUT2D eigenvalue weighted by molar-refractivity contribution is 7.17. The summed E-state index contributed by atoms with van der Waals surface area (Å²) in [5, 5.41) is 3.70. The summed E-state index contributed by atoms with van der Waals surface area (Å²) < 4.78 is 5.08. The molecule has 0 bridgehead atoms. The standard InChI is InChI=1S/C26H27NO3S/c1-3-17-14-15-20-21(16-17)31-25(23(20)26(29)30-2)27-24(28)22(18-10-6-4-7-11-18)19-12-8-5-9-13-19/h4-13,17,22H,3,14-16H2,1-2H3,(H,27,28). The molecule has 0 saturated heterocycles. The van der Waals surface area contributed by atoms with Gasteiger partial charge in [-0.1, -0.05) is 74.0 Å². The molecule has 1 aliphatic rings. The first-order chi connectivity index (χ1) is 15.1. The molecule has 2 aromatic carbocycles. The predicted molar refractivity (Wildman–Crippen MR) is 125 cm³/mol. The average Bonchev–Trinajstić information content (AvgIpc) is 3.16. The first-order valence-corrected chi connectivity index (χ1v) is 11.6. The second-order valence-corrected chi connectivity index (χ2v) is 9.07. The van der Waals surface area contributed by atoms with Crippen LogP contribution in [-0.2, 0) is 22.4 Å². The molecule has 1 aromatic heterocycles. The van der Waals surface area contributed by atoms with Crippen molar-refractivity contribution in [3.8, 4) is 0 Å². The van der Waals surface area contributed by atoms with Gasteiger partial charge in [0.1, 0.15) is 5.00 Å². The molecule has 0 aliphatic heterocycles. The minimum Gasteiger partial charge on any atom is -0.465 e. The number of amides is 1. The highest BCUT2D eigenvalue weighted by atomic mass is 32.1. The van der Waals surface area contributed by atoms with Gasteiger partial charge in [-0.25, -0.2) is 4.79 Å². The Morgan fingerprint density at radius 1 is 1.06 bits per heavy atom. The number of carbonyl (C=O) groups is 2. The van der Waals surface area contributed by atoms with E-state index in [9.17, 15) is 9.59 Å². The average molecular weight is 434 g/mol. The lowest BCUT2D eigenvalue weighted by Crippen LogP contribution is -2.23. The van der Waals surface area contributed by atoms with Gasteiger partial charge in [-0.15, -0.1) is 11.3 Å². The van der Waals surface area contributed by atoms with Crippen LogP contribution in [0.15, 0.2) is 60.7 Å². The van der Waals surface area contributed by atoms with Gasteiger partial charge in [0.05, 0.1) is 18.6 Å². The van der Waals surface area contributed by atoms with Gasteiger partial charge in [-0.3, -0.25) is 4.79 Å². The van der Waals surface area contributed by atoms with E-state index in [0.717, 1.165) is 42.4 Å². The maximum Gasteiger partial charge on any atom is 0.341 e. The first kappa shape index (κ1) is 21.3. The fourth-order valence-corrected chi connectivity index (χ4v) is 5.73. The van der Waals surface area contributed by atoms with Crippen molar-refractivity contribution in [3.63, 3.8) is 0 Å². The summed E-state index contributed by atoms with van der Waals surface area (Å²) in [5.74, 6) is -0.357. The monoisotopic (exact) mass is 433 g/mol. The van der Waals surface area contributed by atoms with Crippen LogP contribution in [0.2, 0.25) is 0 Å². The topological polar surface area (TPSA) is 55.4 Å². The van der Waals surface area contributed by atoms with Crippen molar-refractivity contribution in [3.05, 3.63) is 87.8 Å². The lowest BCUT2D eigenvalue weighted by Gasteiger charge is -2.20. The second-order valence-electron chi connectivity index (χ2n) is 7.96. The molecule has 1 heterocycles. The van der Waals surface area contributed by atoms with Crippen molar-refractivity contribution in [1.82, 2.24) is 0 Å². The number of esters is 1. The molecule has 160 valence electrons. The molecule has 1 amide bonds. The molecule has 31 heavy (non-hydrogen) atoms. The van der Waals surface area contributed by atoms with Gasteiger partial charge in [0.2, 0.25) is 5.91 Å². The normalized spacial score (nSPS) is 15.4. The number of thiophene rings is 1. The zero-order valence-electron chi connectivity index (χ0n) is 17.9. The molecule has 1 aliphatic carbocycles. The van der Waals surface area contributed by atoms with Crippen molar-refractivity contribution < 1.29 is 14.3 Å². The number of benzene rings is 2. The van der Waals surface area contributed by atoms with Gasteiger partial charge in [-0.2, -0.15) is 0 Å². The fraction of sp³-hybridized carbons (Fsp3) is 0.308. The van der Waals surface area contributed by atoms with E-state index in [1.165, 1.54) is 23.3 Å². The summed E-state index contributed by atoms with van der Waals surface area (Å²) >= 11 is 1.53. The zero-order chi connectivity index (χ0) is 21.8. The van der Waals surface area contributed by atoms with Crippen LogP contribution < -0.4 is 5.32 Å². The predicted octanol–water partition coefficient (Wildman–Crippen LogP) is 5.82. The molecule has 0 radical (unpaired) electrons. The summed E-state index contributed by atoms with van der Waals surface area (Å²) in [4.78, 5) is 27.4. The Morgan fingerprint density at radius 3 is 2.23 bits per heavy atom. The Hall–Kier alpha value is -2.92. The van der Waals surface area contributed by atoms with Crippen LogP contribution in [0.5, 0.6) is 0 Å². The Labute approximate surface area is 187 Å². The molecular formula is C26H27NO3S. The van der Waals surface area contributed by atoms with E-state index in [1.54, 1.807) is 0 Å². The number of nitrogens with one attached hydrogen (secondary N) is 1. The quantitative estimate of drug-likeness (QED) is 0.498. The van der Waals surface area contributed by atoms with Crippen LogP contribution >= 0.6 is 11.3 Å². The van der Waals surface area contributed by atoms with Crippen LogP contribution in [0.25, 0.3) is 0 Å². The third-order valence-electron chi connectivity index (χ3n) is 6.10. The molecule has 3 aromatic rings. The van der Waals surface area contributed by atoms with Gasteiger partial charge in [-0.05, 0) is 41.9 Å². The molecule has 4 rings (SSSR count). The number of ether oxygens (including phenoxy) is 1. The zero-order valence-corrected chi connectivity index (χ0v) is 18.7. The molecule has 0 fully saturated rings. The van der Waals surface area contributed by atoms with E-state index in [0.29, 0.717) is 16.5 Å². The van der Waals surface area contributed by atoms with E-state index in [4.69, 9.17) is 4.74 Å². The summed E-state index contributed by atoms with van der Waals surface area (Å²) in [6.45, 7) is 2.21. The Bertz CT molecular complexity index is 1020. The number of hydrogen-bond acceptors (Lipinski definition) is 4. The van der Waals surface area contributed by atoms with Crippen molar-refractivity contribution in [2.75, 3.05) is 12.4 Å². The number of carbonyl (C=O) groups excluding carboxylic acids is 2. The van der Waals surface area contributed by atoms with Crippen molar-refractivity contribution in [1.29, 1.82) is 0 Å². The van der Waals surface area contributed by atoms with Gasteiger partial charge < -0.3 is 10.1 Å². The fourth-order valence-electron chi connectivity index (χ4n) is 4.38. The van der Waals surface area contributed by atoms with Gasteiger partial charge >= 0.3 is 5.97 Å². The van der Waals surface area contributed by atoms with Gasteiger partial charge in [0.15, 0.2) is 0 Å². The maximum absolute atomic E-state index is 13.6. The van der Waals surface area contributed by atoms with Crippen molar-refractivity contribution >= 4 is 28.2 Å². The Kier molecular flexibility index (Phi) is 6.52. The highest BCUT2D eigenvalue weighted by Crippen LogP contribution is 2.41. The number of anilines is 1. The summed E-state index contributed by atoms with van der Waals surface area (Å²) in [7, 11) is 1.40. The van der Waals surface area contributed by atoms with E-state index >= 15 is 0 Å². The lowest BCUT2D eigenvalue weighted by molar-refractivity contribution is -0.116. The molecule has 0 spiro atoms. The molecule has 1 N–H and O–H groups in total. The van der Waals surface area contributed by atoms with Crippen molar-refractivity contribution in [2.45, 2.75) is 38.5 Å². The number of rotatable bonds is 6.